The van der Waals surface area contributed by atoms with Crippen molar-refractivity contribution >= 4 is 27.5 Å². The third-order valence-corrected chi connectivity index (χ3v) is 3.19. The molecule has 0 saturated carbocycles. The SMILES string of the molecule is Cc1nc(Cl)c(Oc2ccc(F)c(Br)c2)nc1C. The lowest BCUT2D eigenvalue weighted by atomic mass is 10.3. The Balaban J connectivity index is 2.34. The highest BCUT2D eigenvalue weighted by Crippen LogP contribution is 2.29. The molecular formula is C12H9BrClFN2O. The van der Waals surface area contributed by atoms with Crippen LogP contribution in [0.5, 0.6) is 11.6 Å². The highest BCUT2D eigenvalue weighted by Gasteiger charge is 2.10. The molecular weight excluding hydrogens is 322 g/mol. The van der Waals surface area contributed by atoms with Crippen molar-refractivity contribution in [1.82, 2.24) is 9.97 Å². The second-order valence-corrected chi connectivity index (χ2v) is 4.88. The van der Waals surface area contributed by atoms with E-state index < -0.39 is 0 Å². The summed E-state index contributed by atoms with van der Waals surface area (Å²) in [5, 5.41) is 0.179. The molecule has 0 saturated heterocycles. The Morgan fingerprint density at radius 2 is 1.89 bits per heavy atom. The van der Waals surface area contributed by atoms with Crippen LogP contribution in [0.15, 0.2) is 22.7 Å². The summed E-state index contributed by atoms with van der Waals surface area (Å²) in [5.74, 6) is 0.278. The summed E-state index contributed by atoms with van der Waals surface area (Å²) in [4.78, 5) is 8.30. The Morgan fingerprint density at radius 3 is 2.56 bits per heavy atom. The number of benzene rings is 1. The number of rotatable bonds is 2. The second-order valence-electron chi connectivity index (χ2n) is 3.67. The van der Waals surface area contributed by atoms with Gasteiger partial charge in [-0.15, -0.1) is 0 Å². The summed E-state index contributed by atoms with van der Waals surface area (Å²) in [6.07, 6.45) is 0. The first-order valence-corrected chi connectivity index (χ1v) is 6.28. The van der Waals surface area contributed by atoms with Gasteiger partial charge in [0.2, 0.25) is 0 Å². The van der Waals surface area contributed by atoms with Crippen LogP contribution < -0.4 is 4.74 Å². The molecule has 0 spiro atoms. The van der Waals surface area contributed by atoms with Crippen molar-refractivity contribution in [2.45, 2.75) is 13.8 Å². The first kappa shape index (κ1) is 13.2. The van der Waals surface area contributed by atoms with Gasteiger partial charge in [0.05, 0.1) is 15.9 Å². The minimum atomic E-state index is -0.361. The van der Waals surface area contributed by atoms with Gasteiger partial charge in [0, 0.05) is 0 Å². The van der Waals surface area contributed by atoms with Crippen molar-refractivity contribution in [1.29, 1.82) is 0 Å². The molecule has 0 radical (unpaired) electrons. The molecule has 0 atom stereocenters. The third kappa shape index (κ3) is 2.79. The van der Waals surface area contributed by atoms with Crippen molar-refractivity contribution in [2.75, 3.05) is 0 Å². The molecule has 0 fully saturated rings. The summed E-state index contributed by atoms with van der Waals surface area (Å²) in [6, 6.07) is 4.29. The maximum atomic E-state index is 13.1. The lowest BCUT2D eigenvalue weighted by Crippen LogP contribution is -1.97. The molecule has 0 aliphatic rings. The van der Waals surface area contributed by atoms with E-state index in [1.807, 2.05) is 13.8 Å². The van der Waals surface area contributed by atoms with Crippen LogP contribution in [0.1, 0.15) is 11.4 Å². The second kappa shape index (κ2) is 5.20. The zero-order valence-electron chi connectivity index (χ0n) is 9.67. The van der Waals surface area contributed by atoms with E-state index >= 15 is 0 Å². The predicted molar refractivity (Wildman–Crippen MR) is 70.7 cm³/mol. The highest BCUT2D eigenvalue weighted by molar-refractivity contribution is 9.10. The normalized spacial score (nSPS) is 10.5. The zero-order chi connectivity index (χ0) is 13.3. The Hall–Kier alpha value is -1.20. The molecule has 94 valence electrons. The Kier molecular flexibility index (Phi) is 3.82. The molecule has 2 aromatic rings. The largest absolute Gasteiger partial charge is 0.436 e. The first-order chi connectivity index (χ1) is 8.47. The van der Waals surface area contributed by atoms with Gasteiger partial charge in [-0.25, -0.2) is 14.4 Å². The third-order valence-electron chi connectivity index (χ3n) is 2.34. The van der Waals surface area contributed by atoms with Crippen LogP contribution in [-0.4, -0.2) is 9.97 Å². The van der Waals surface area contributed by atoms with Gasteiger partial charge in [0.25, 0.3) is 5.88 Å². The van der Waals surface area contributed by atoms with Crippen LogP contribution >= 0.6 is 27.5 Å². The van der Waals surface area contributed by atoms with Crippen LogP contribution in [0.2, 0.25) is 5.15 Å². The van der Waals surface area contributed by atoms with Crippen molar-refractivity contribution in [2.24, 2.45) is 0 Å². The molecule has 6 heteroatoms. The van der Waals surface area contributed by atoms with E-state index in [1.165, 1.54) is 18.2 Å². The smallest absolute Gasteiger partial charge is 0.257 e. The van der Waals surface area contributed by atoms with Gasteiger partial charge in [0.1, 0.15) is 11.6 Å². The van der Waals surface area contributed by atoms with Crippen LogP contribution in [0.25, 0.3) is 0 Å². The van der Waals surface area contributed by atoms with E-state index in [1.54, 1.807) is 0 Å². The molecule has 2 rings (SSSR count). The van der Waals surface area contributed by atoms with Crippen LogP contribution in [0.3, 0.4) is 0 Å². The molecule has 0 unspecified atom stereocenters. The van der Waals surface area contributed by atoms with Crippen molar-refractivity contribution < 1.29 is 9.13 Å². The molecule has 1 aromatic carbocycles. The lowest BCUT2D eigenvalue weighted by Gasteiger charge is -2.08. The van der Waals surface area contributed by atoms with E-state index in [4.69, 9.17) is 16.3 Å². The fourth-order valence-electron chi connectivity index (χ4n) is 1.27. The van der Waals surface area contributed by atoms with E-state index in [9.17, 15) is 4.39 Å². The summed E-state index contributed by atoms with van der Waals surface area (Å²) in [5.41, 5.74) is 1.48. The maximum absolute atomic E-state index is 13.1. The average molecular weight is 332 g/mol. The van der Waals surface area contributed by atoms with Gasteiger partial charge in [-0.05, 0) is 48.0 Å². The van der Waals surface area contributed by atoms with Crippen LogP contribution in [0.4, 0.5) is 4.39 Å². The summed E-state index contributed by atoms with van der Waals surface area (Å²) in [6.45, 7) is 3.62. The van der Waals surface area contributed by atoms with Crippen LogP contribution in [-0.2, 0) is 0 Å². The number of aromatic nitrogens is 2. The fraction of sp³-hybridized carbons (Fsp3) is 0.167. The van der Waals surface area contributed by atoms with Gasteiger partial charge in [-0.2, -0.15) is 0 Å². The topological polar surface area (TPSA) is 35.0 Å². The Bertz CT molecular complexity index is 607. The minimum Gasteiger partial charge on any atom is -0.436 e. The fourth-order valence-corrected chi connectivity index (χ4v) is 1.84. The van der Waals surface area contributed by atoms with Crippen LogP contribution in [0, 0.1) is 19.7 Å². The maximum Gasteiger partial charge on any atom is 0.257 e. The molecule has 3 nitrogen and oxygen atoms in total. The number of ether oxygens (including phenoxy) is 1. The van der Waals surface area contributed by atoms with Crippen molar-refractivity contribution in [3.8, 4) is 11.6 Å². The standard InChI is InChI=1S/C12H9BrClFN2O/c1-6-7(2)17-12(11(14)16-6)18-8-3-4-10(15)9(13)5-8/h3-5H,1-2H3. The van der Waals surface area contributed by atoms with E-state index in [0.29, 0.717) is 10.2 Å². The highest BCUT2D eigenvalue weighted by atomic mass is 79.9. The molecule has 1 heterocycles. The van der Waals surface area contributed by atoms with Crippen molar-refractivity contribution in [3.05, 3.63) is 45.0 Å². The number of hydrogen-bond donors (Lipinski definition) is 0. The first-order valence-electron chi connectivity index (χ1n) is 5.11. The molecule has 0 aliphatic carbocycles. The predicted octanol–water partition coefficient (Wildman–Crippen LogP) is 4.44. The zero-order valence-corrected chi connectivity index (χ0v) is 12.0. The van der Waals surface area contributed by atoms with Gasteiger partial charge < -0.3 is 4.74 Å². The van der Waals surface area contributed by atoms with E-state index in [2.05, 4.69) is 25.9 Å². The van der Waals surface area contributed by atoms with E-state index in [0.717, 1.165) is 11.4 Å². The summed E-state index contributed by atoms with van der Waals surface area (Å²) in [7, 11) is 0. The van der Waals surface area contributed by atoms with Gasteiger partial charge in [0.15, 0.2) is 5.15 Å². The van der Waals surface area contributed by atoms with E-state index in [-0.39, 0.29) is 16.9 Å². The number of aryl methyl sites for hydroxylation is 2. The molecule has 0 aliphatic heterocycles. The molecule has 18 heavy (non-hydrogen) atoms. The lowest BCUT2D eigenvalue weighted by molar-refractivity contribution is 0.456. The molecule has 0 amide bonds. The summed E-state index contributed by atoms with van der Waals surface area (Å²) >= 11 is 9.02. The number of halogens is 3. The van der Waals surface area contributed by atoms with Crippen molar-refractivity contribution in [3.63, 3.8) is 0 Å². The number of nitrogens with zero attached hydrogens (tertiary/aromatic N) is 2. The van der Waals surface area contributed by atoms with Gasteiger partial charge in [-0.3, -0.25) is 0 Å². The monoisotopic (exact) mass is 330 g/mol. The average Bonchev–Trinajstić information content (AvgIpc) is 2.31. The Labute approximate surface area is 117 Å². The molecule has 1 aromatic heterocycles. The van der Waals surface area contributed by atoms with Gasteiger partial charge >= 0.3 is 0 Å². The number of hydrogen-bond acceptors (Lipinski definition) is 3. The Morgan fingerprint density at radius 1 is 1.22 bits per heavy atom. The molecule has 0 N–H and O–H groups in total. The quantitative estimate of drug-likeness (QED) is 0.816. The summed E-state index contributed by atoms with van der Waals surface area (Å²) < 4.78 is 18.9. The molecule has 0 bridgehead atoms. The minimum absolute atomic E-state index is 0.179. The van der Waals surface area contributed by atoms with Gasteiger partial charge in [-0.1, -0.05) is 11.6 Å².